The van der Waals surface area contributed by atoms with E-state index in [4.69, 9.17) is 11.6 Å². The van der Waals surface area contributed by atoms with E-state index in [1.807, 2.05) is 32.0 Å². The van der Waals surface area contributed by atoms with Gasteiger partial charge in [0.15, 0.2) is 5.78 Å². The van der Waals surface area contributed by atoms with Crippen molar-refractivity contribution >= 4 is 33.3 Å². The van der Waals surface area contributed by atoms with E-state index >= 15 is 0 Å². The third-order valence-corrected chi connectivity index (χ3v) is 4.16. The average molecular weight is 342 g/mol. The summed E-state index contributed by atoms with van der Waals surface area (Å²) >= 11 is 9.06. The van der Waals surface area contributed by atoms with Crippen LogP contribution in [0.3, 0.4) is 0 Å². The molecule has 4 heteroatoms. The second-order valence-electron chi connectivity index (χ2n) is 4.34. The molecule has 0 saturated carbocycles. The Hall–Kier alpha value is -1.19. The van der Waals surface area contributed by atoms with Gasteiger partial charge in [-0.3, -0.25) is 4.79 Å². The summed E-state index contributed by atoms with van der Waals surface area (Å²) in [6.45, 7) is 3.66. The number of carbonyl (C=O) groups is 1. The van der Waals surface area contributed by atoms with E-state index < -0.39 is 5.82 Å². The molecule has 0 radical (unpaired) electrons. The van der Waals surface area contributed by atoms with Crippen LogP contribution in [0, 0.1) is 19.7 Å². The lowest BCUT2D eigenvalue weighted by atomic mass is 9.95. The number of aryl methyl sites for hydroxylation is 2. The van der Waals surface area contributed by atoms with Gasteiger partial charge >= 0.3 is 0 Å². The normalized spacial score (nSPS) is 10.6. The van der Waals surface area contributed by atoms with Crippen molar-refractivity contribution in [1.82, 2.24) is 0 Å². The number of hydrogen-bond donors (Lipinski definition) is 0. The van der Waals surface area contributed by atoms with E-state index in [9.17, 15) is 9.18 Å². The second kappa shape index (κ2) is 5.43. The predicted octanol–water partition coefficient (Wildman–Crippen LogP) is 5.09. The van der Waals surface area contributed by atoms with Gasteiger partial charge in [0.25, 0.3) is 0 Å². The van der Waals surface area contributed by atoms with Gasteiger partial charge in [0, 0.05) is 10.0 Å². The van der Waals surface area contributed by atoms with Crippen molar-refractivity contribution in [2.75, 3.05) is 0 Å². The summed E-state index contributed by atoms with van der Waals surface area (Å²) in [5.41, 5.74) is 2.16. The van der Waals surface area contributed by atoms with E-state index in [2.05, 4.69) is 15.9 Å². The number of halogens is 3. The van der Waals surface area contributed by atoms with Crippen LogP contribution in [0.4, 0.5) is 4.39 Å². The number of ketones is 1. The molecule has 0 heterocycles. The summed E-state index contributed by atoms with van der Waals surface area (Å²) in [6.07, 6.45) is 0. The highest BCUT2D eigenvalue weighted by molar-refractivity contribution is 9.10. The van der Waals surface area contributed by atoms with Crippen molar-refractivity contribution in [2.24, 2.45) is 0 Å². The molecular formula is C15H11BrClFO. The Morgan fingerprint density at radius 1 is 1.21 bits per heavy atom. The summed E-state index contributed by atoms with van der Waals surface area (Å²) in [5.74, 6) is -0.925. The highest BCUT2D eigenvalue weighted by atomic mass is 79.9. The molecule has 0 saturated heterocycles. The van der Waals surface area contributed by atoms with Crippen LogP contribution in [-0.2, 0) is 0 Å². The van der Waals surface area contributed by atoms with Gasteiger partial charge in [-0.25, -0.2) is 4.39 Å². The topological polar surface area (TPSA) is 17.1 Å². The first-order valence-electron chi connectivity index (χ1n) is 5.67. The molecule has 0 aromatic heterocycles. The molecular weight excluding hydrogens is 331 g/mol. The van der Waals surface area contributed by atoms with Crippen LogP contribution in [0.25, 0.3) is 0 Å². The van der Waals surface area contributed by atoms with Crippen LogP contribution in [0.1, 0.15) is 27.0 Å². The quantitative estimate of drug-likeness (QED) is 0.549. The fraction of sp³-hybridized carbons (Fsp3) is 0.133. The van der Waals surface area contributed by atoms with Gasteiger partial charge in [0.2, 0.25) is 0 Å². The number of hydrogen-bond acceptors (Lipinski definition) is 1. The fourth-order valence-electron chi connectivity index (χ4n) is 2.00. The Morgan fingerprint density at radius 2 is 1.79 bits per heavy atom. The molecule has 0 fully saturated rings. The van der Waals surface area contributed by atoms with Crippen LogP contribution in [0.15, 0.2) is 34.8 Å². The van der Waals surface area contributed by atoms with Crippen LogP contribution in [0.2, 0.25) is 5.02 Å². The molecule has 0 unspecified atom stereocenters. The van der Waals surface area contributed by atoms with E-state index in [0.29, 0.717) is 15.1 Å². The fourth-order valence-corrected chi connectivity index (χ4v) is 2.48. The molecule has 0 aliphatic heterocycles. The largest absolute Gasteiger partial charge is 0.288 e. The van der Waals surface area contributed by atoms with Crippen molar-refractivity contribution in [1.29, 1.82) is 0 Å². The van der Waals surface area contributed by atoms with E-state index in [0.717, 1.165) is 11.1 Å². The minimum atomic E-state index is -0.580. The number of carbonyl (C=O) groups excluding carboxylic acids is 1. The lowest BCUT2D eigenvalue weighted by Crippen LogP contribution is -2.08. The van der Waals surface area contributed by atoms with Gasteiger partial charge in [-0.05, 0) is 53.0 Å². The third kappa shape index (κ3) is 2.72. The molecule has 0 atom stereocenters. The maximum atomic E-state index is 13.9. The minimum Gasteiger partial charge on any atom is -0.288 e. The average Bonchev–Trinajstić information content (AvgIpc) is 2.33. The number of rotatable bonds is 2. The zero-order valence-corrected chi connectivity index (χ0v) is 12.8. The van der Waals surface area contributed by atoms with Crippen molar-refractivity contribution in [3.63, 3.8) is 0 Å². The summed E-state index contributed by atoms with van der Waals surface area (Å²) < 4.78 is 14.4. The standard InChI is InChI=1S/C15H11BrClFO/c1-8-4-3-5-9(2)14(8)15(19)10-6-12(17)11(16)7-13(10)18/h3-7H,1-2H3. The zero-order chi connectivity index (χ0) is 14.2. The molecule has 2 aromatic carbocycles. The Kier molecular flexibility index (Phi) is 4.07. The lowest BCUT2D eigenvalue weighted by molar-refractivity contribution is 0.103. The monoisotopic (exact) mass is 340 g/mol. The van der Waals surface area contributed by atoms with E-state index in [1.54, 1.807) is 0 Å². The Bertz CT molecular complexity index is 647. The molecule has 0 N–H and O–H groups in total. The smallest absolute Gasteiger partial charge is 0.196 e. The first-order valence-corrected chi connectivity index (χ1v) is 6.84. The number of benzene rings is 2. The minimum absolute atomic E-state index is 0.00870. The molecule has 0 spiro atoms. The van der Waals surface area contributed by atoms with Gasteiger partial charge in [-0.15, -0.1) is 0 Å². The first kappa shape index (κ1) is 14.2. The van der Waals surface area contributed by atoms with Crippen LogP contribution < -0.4 is 0 Å². The Balaban J connectivity index is 2.60. The molecule has 0 aliphatic carbocycles. The molecule has 0 aliphatic rings. The third-order valence-electron chi connectivity index (χ3n) is 2.96. The molecule has 2 rings (SSSR count). The van der Waals surface area contributed by atoms with Gasteiger partial charge in [0.1, 0.15) is 5.82 Å². The van der Waals surface area contributed by atoms with Crippen LogP contribution in [-0.4, -0.2) is 5.78 Å². The Morgan fingerprint density at radius 3 is 2.37 bits per heavy atom. The molecule has 2 aromatic rings. The second-order valence-corrected chi connectivity index (χ2v) is 5.60. The van der Waals surface area contributed by atoms with Crippen molar-refractivity contribution in [3.05, 3.63) is 67.9 Å². The summed E-state index contributed by atoms with van der Waals surface area (Å²) in [4.78, 5) is 12.5. The maximum Gasteiger partial charge on any atom is 0.196 e. The molecule has 0 amide bonds. The highest BCUT2D eigenvalue weighted by Gasteiger charge is 2.19. The van der Waals surface area contributed by atoms with Crippen LogP contribution >= 0.6 is 27.5 Å². The molecule has 0 bridgehead atoms. The lowest BCUT2D eigenvalue weighted by Gasteiger charge is -2.10. The molecule has 1 nitrogen and oxygen atoms in total. The Labute approximate surface area is 124 Å². The SMILES string of the molecule is Cc1cccc(C)c1C(=O)c1cc(Cl)c(Br)cc1F. The highest BCUT2D eigenvalue weighted by Crippen LogP contribution is 2.28. The zero-order valence-electron chi connectivity index (χ0n) is 10.4. The summed E-state index contributed by atoms with van der Waals surface area (Å²) in [7, 11) is 0. The van der Waals surface area contributed by atoms with Gasteiger partial charge in [-0.2, -0.15) is 0 Å². The van der Waals surface area contributed by atoms with Crippen molar-refractivity contribution in [2.45, 2.75) is 13.8 Å². The first-order chi connectivity index (χ1) is 8.91. The summed E-state index contributed by atoms with van der Waals surface area (Å²) in [5, 5.41) is 0.316. The van der Waals surface area contributed by atoms with Gasteiger partial charge in [0.05, 0.1) is 10.6 Å². The molecule has 98 valence electrons. The van der Waals surface area contributed by atoms with E-state index in [1.165, 1.54) is 12.1 Å². The van der Waals surface area contributed by atoms with Gasteiger partial charge in [-0.1, -0.05) is 29.8 Å². The van der Waals surface area contributed by atoms with E-state index in [-0.39, 0.29) is 11.3 Å². The van der Waals surface area contributed by atoms with Crippen molar-refractivity contribution < 1.29 is 9.18 Å². The maximum absolute atomic E-state index is 13.9. The summed E-state index contributed by atoms with van der Waals surface area (Å²) in [6, 6.07) is 8.10. The predicted molar refractivity (Wildman–Crippen MR) is 78.5 cm³/mol. The van der Waals surface area contributed by atoms with Crippen molar-refractivity contribution in [3.8, 4) is 0 Å². The molecule has 19 heavy (non-hydrogen) atoms. The van der Waals surface area contributed by atoms with Gasteiger partial charge < -0.3 is 0 Å². The van der Waals surface area contributed by atoms with Crippen LogP contribution in [0.5, 0.6) is 0 Å².